The van der Waals surface area contributed by atoms with Gasteiger partial charge in [0, 0.05) is 19.1 Å². The van der Waals surface area contributed by atoms with Gasteiger partial charge in [0.2, 0.25) is 5.91 Å². The van der Waals surface area contributed by atoms with Crippen LogP contribution < -0.4 is 5.73 Å². The highest BCUT2D eigenvalue weighted by molar-refractivity contribution is 5.77. The molecule has 5 heteroatoms. The molecule has 0 aromatic carbocycles. The Bertz CT molecular complexity index is 215. The number of hydrogen-bond donors (Lipinski definition) is 1. The largest absolute Gasteiger partial charge is 0.341 e. The van der Waals surface area contributed by atoms with Gasteiger partial charge >= 0.3 is 0 Å². The third kappa shape index (κ3) is 3.57. The summed E-state index contributed by atoms with van der Waals surface area (Å²) < 4.78 is 25.1. The fourth-order valence-electron chi connectivity index (χ4n) is 1.61. The molecule has 1 saturated heterocycles. The summed E-state index contributed by atoms with van der Waals surface area (Å²) in [6.07, 6.45) is 0.966. The Morgan fingerprint density at radius 2 is 2.29 bits per heavy atom. The average Bonchev–Trinajstić information content (AvgIpc) is 2.01. The van der Waals surface area contributed by atoms with Crippen molar-refractivity contribution < 1.29 is 13.6 Å². The van der Waals surface area contributed by atoms with Crippen molar-refractivity contribution in [1.29, 1.82) is 0 Å². The maximum absolute atomic E-state index is 12.5. The molecular formula is C9H16F2N2O. The Morgan fingerprint density at radius 3 is 2.79 bits per heavy atom. The van der Waals surface area contributed by atoms with Crippen LogP contribution in [0.1, 0.15) is 26.2 Å². The maximum atomic E-state index is 12.5. The first-order valence-electron chi connectivity index (χ1n) is 4.80. The van der Waals surface area contributed by atoms with E-state index >= 15 is 0 Å². The van der Waals surface area contributed by atoms with Crippen LogP contribution in [0.15, 0.2) is 0 Å². The van der Waals surface area contributed by atoms with E-state index in [4.69, 9.17) is 5.73 Å². The van der Waals surface area contributed by atoms with Gasteiger partial charge in [-0.1, -0.05) is 0 Å². The van der Waals surface area contributed by atoms with Crippen molar-refractivity contribution in [2.45, 2.75) is 38.2 Å². The monoisotopic (exact) mass is 206 g/mol. The number of hydrogen-bond acceptors (Lipinski definition) is 2. The molecule has 1 atom stereocenters. The van der Waals surface area contributed by atoms with Gasteiger partial charge in [0.15, 0.2) is 0 Å². The number of carbonyl (C=O) groups is 1. The van der Waals surface area contributed by atoms with Crippen LogP contribution in [-0.2, 0) is 4.79 Å². The Balaban J connectivity index is 2.44. The van der Waals surface area contributed by atoms with Crippen molar-refractivity contribution in [3.05, 3.63) is 0 Å². The Labute approximate surface area is 82.2 Å². The molecule has 0 aliphatic carbocycles. The highest BCUT2D eigenvalue weighted by Crippen LogP contribution is 2.19. The van der Waals surface area contributed by atoms with Crippen LogP contribution in [-0.4, -0.2) is 35.9 Å². The number of nitrogens with two attached hydrogens (primary N) is 1. The molecule has 1 amide bonds. The summed E-state index contributed by atoms with van der Waals surface area (Å²) >= 11 is 0. The fourth-order valence-corrected chi connectivity index (χ4v) is 1.61. The van der Waals surface area contributed by atoms with Gasteiger partial charge in [-0.3, -0.25) is 4.79 Å². The number of halogens is 2. The van der Waals surface area contributed by atoms with E-state index < -0.39 is 18.3 Å². The summed E-state index contributed by atoms with van der Waals surface area (Å²) in [6.45, 7) is 1.73. The van der Waals surface area contributed by atoms with E-state index in [-0.39, 0.29) is 6.04 Å². The first-order chi connectivity index (χ1) is 6.38. The Morgan fingerprint density at radius 1 is 1.64 bits per heavy atom. The zero-order valence-electron chi connectivity index (χ0n) is 8.30. The fraction of sp³-hybridized carbons (Fsp3) is 0.889. The maximum Gasteiger partial charge on any atom is 0.254 e. The number of piperidine rings is 1. The van der Waals surface area contributed by atoms with E-state index in [0.29, 0.717) is 13.1 Å². The molecule has 2 N–H and O–H groups in total. The summed E-state index contributed by atoms with van der Waals surface area (Å²) in [6, 6.07) is -0.0572. The Kier molecular flexibility index (Phi) is 3.42. The van der Waals surface area contributed by atoms with E-state index in [1.165, 1.54) is 4.90 Å². The van der Waals surface area contributed by atoms with Crippen molar-refractivity contribution in [3.8, 4) is 0 Å². The second-order valence-corrected chi connectivity index (χ2v) is 3.99. The molecular weight excluding hydrogens is 190 g/mol. The highest BCUT2D eigenvalue weighted by Gasteiger charge is 2.30. The van der Waals surface area contributed by atoms with Gasteiger partial charge in [-0.05, 0) is 19.8 Å². The van der Waals surface area contributed by atoms with E-state index in [2.05, 4.69) is 0 Å². The minimum Gasteiger partial charge on any atom is -0.341 e. The minimum atomic E-state index is -2.92. The van der Waals surface area contributed by atoms with Crippen LogP contribution in [0.4, 0.5) is 8.78 Å². The lowest BCUT2D eigenvalue weighted by Gasteiger charge is -2.31. The standard InChI is InChI=1S/C9H16F2N2O/c1-9(10,11)5-8(14)13-4-2-3-7(12)6-13/h7H,2-6,12H2,1H3/t7-/m1/s1. The molecule has 0 saturated carbocycles. The number of likely N-dealkylation sites (tertiary alicyclic amines) is 1. The second-order valence-electron chi connectivity index (χ2n) is 3.99. The molecule has 0 unspecified atom stereocenters. The van der Waals surface area contributed by atoms with Crippen LogP contribution in [0.25, 0.3) is 0 Å². The third-order valence-corrected chi connectivity index (χ3v) is 2.27. The lowest BCUT2D eigenvalue weighted by Crippen LogP contribution is -2.46. The van der Waals surface area contributed by atoms with Gasteiger partial charge in [0.1, 0.15) is 0 Å². The normalized spacial score (nSPS) is 23.7. The van der Waals surface area contributed by atoms with Crippen molar-refractivity contribution in [2.75, 3.05) is 13.1 Å². The minimum absolute atomic E-state index is 0.0572. The summed E-state index contributed by atoms with van der Waals surface area (Å²) in [5.74, 6) is -3.41. The molecule has 1 heterocycles. The van der Waals surface area contributed by atoms with Crippen LogP contribution in [0.3, 0.4) is 0 Å². The molecule has 14 heavy (non-hydrogen) atoms. The molecule has 0 aromatic rings. The average molecular weight is 206 g/mol. The van der Waals surface area contributed by atoms with Crippen molar-refractivity contribution >= 4 is 5.91 Å². The van der Waals surface area contributed by atoms with Crippen molar-refractivity contribution in [1.82, 2.24) is 4.90 Å². The molecule has 1 aliphatic heterocycles. The van der Waals surface area contributed by atoms with E-state index in [0.717, 1.165) is 19.8 Å². The number of rotatable bonds is 2. The van der Waals surface area contributed by atoms with Crippen LogP contribution in [0.2, 0.25) is 0 Å². The van der Waals surface area contributed by atoms with Gasteiger partial charge in [0.25, 0.3) is 5.92 Å². The number of amides is 1. The SMILES string of the molecule is CC(F)(F)CC(=O)N1CCC[C@@H](N)C1. The summed E-state index contributed by atoms with van der Waals surface area (Å²) in [4.78, 5) is 12.8. The first kappa shape index (κ1) is 11.4. The van der Waals surface area contributed by atoms with Crippen molar-refractivity contribution in [3.63, 3.8) is 0 Å². The van der Waals surface area contributed by atoms with Gasteiger partial charge in [0.05, 0.1) is 6.42 Å². The molecule has 82 valence electrons. The molecule has 0 radical (unpaired) electrons. The lowest BCUT2D eigenvalue weighted by atomic mass is 10.1. The smallest absolute Gasteiger partial charge is 0.254 e. The zero-order valence-corrected chi connectivity index (χ0v) is 8.30. The molecule has 1 rings (SSSR count). The van der Waals surface area contributed by atoms with Gasteiger partial charge in [-0.25, -0.2) is 8.78 Å². The predicted molar refractivity (Wildman–Crippen MR) is 49.0 cm³/mol. The topological polar surface area (TPSA) is 46.3 Å². The highest BCUT2D eigenvalue weighted by atomic mass is 19.3. The molecule has 0 aromatic heterocycles. The predicted octanol–water partition coefficient (Wildman–Crippen LogP) is 0.981. The first-order valence-corrected chi connectivity index (χ1v) is 4.80. The van der Waals surface area contributed by atoms with Crippen LogP contribution >= 0.6 is 0 Å². The quantitative estimate of drug-likeness (QED) is 0.732. The van der Waals surface area contributed by atoms with Crippen LogP contribution in [0, 0.1) is 0 Å². The zero-order chi connectivity index (χ0) is 10.8. The number of carbonyl (C=O) groups excluding carboxylic acids is 1. The molecule has 0 spiro atoms. The summed E-state index contributed by atoms with van der Waals surface area (Å²) in [5, 5.41) is 0. The van der Waals surface area contributed by atoms with E-state index in [9.17, 15) is 13.6 Å². The lowest BCUT2D eigenvalue weighted by molar-refractivity contribution is -0.138. The Hall–Kier alpha value is -0.710. The van der Waals surface area contributed by atoms with Crippen molar-refractivity contribution in [2.24, 2.45) is 5.73 Å². The second kappa shape index (κ2) is 4.21. The third-order valence-electron chi connectivity index (χ3n) is 2.27. The molecule has 1 aliphatic rings. The number of alkyl halides is 2. The summed E-state index contributed by atoms with van der Waals surface area (Å²) in [7, 11) is 0. The van der Waals surface area contributed by atoms with Gasteiger partial charge in [-0.2, -0.15) is 0 Å². The van der Waals surface area contributed by atoms with Gasteiger partial charge in [-0.15, -0.1) is 0 Å². The molecule has 1 fully saturated rings. The van der Waals surface area contributed by atoms with E-state index in [1.54, 1.807) is 0 Å². The van der Waals surface area contributed by atoms with Crippen LogP contribution in [0.5, 0.6) is 0 Å². The summed E-state index contributed by atoms with van der Waals surface area (Å²) in [5.41, 5.74) is 5.65. The molecule has 0 bridgehead atoms. The number of nitrogens with zero attached hydrogens (tertiary/aromatic N) is 1. The van der Waals surface area contributed by atoms with Gasteiger partial charge < -0.3 is 10.6 Å². The van der Waals surface area contributed by atoms with E-state index in [1.807, 2.05) is 0 Å². The molecule has 3 nitrogen and oxygen atoms in total.